The van der Waals surface area contributed by atoms with Crippen LogP contribution in [-0.2, 0) is 0 Å². The molecule has 1 N–H and O–H groups in total. The van der Waals surface area contributed by atoms with Gasteiger partial charge in [0.2, 0.25) is 0 Å². The fourth-order valence-corrected chi connectivity index (χ4v) is 2.22. The summed E-state index contributed by atoms with van der Waals surface area (Å²) in [6.45, 7) is 1.88. The van der Waals surface area contributed by atoms with Crippen molar-refractivity contribution in [3.8, 4) is 0 Å². The molecule has 21 heavy (non-hydrogen) atoms. The molecular weight excluding hydrogens is 360 g/mol. The molecule has 2 aromatic carbocycles. The van der Waals surface area contributed by atoms with Crippen LogP contribution in [-0.4, -0.2) is 10.8 Å². The fourth-order valence-electron chi connectivity index (χ4n) is 1.72. The van der Waals surface area contributed by atoms with Crippen LogP contribution in [0.5, 0.6) is 0 Å². The molecule has 7 heteroatoms. The van der Waals surface area contributed by atoms with E-state index in [0.29, 0.717) is 11.3 Å². The zero-order chi connectivity index (χ0) is 15.6. The monoisotopic (exact) mass is 368 g/mol. The summed E-state index contributed by atoms with van der Waals surface area (Å²) in [6, 6.07) is 9.25. The molecule has 0 atom stereocenters. The maximum Gasteiger partial charge on any atom is 0.288 e. The third-order valence-electron chi connectivity index (χ3n) is 2.82. The third-order valence-corrected chi connectivity index (χ3v) is 4.01. The Kier molecular flexibility index (Phi) is 4.59. The molecule has 0 radical (unpaired) electrons. The Labute approximate surface area is 134 Å². The average molecular weight is 370 g/mol. The van der Waals surface area contributed by atoms with Gasteiger partial charge in [-0.2, -0.15) is 0 Å². The molecule has 0 unspecified atom stereocenters. The van der Waals surface area contributed by atoms with Gasteiger partial charge < -0.3 is 5.32 Å². The molecule has 0 aliphatic rings. The molecule has 0 aliphatic carbocycles. The topological polar surface area (TPSA) is 72.2 Å². The van der Waals surface area contributed by atoms with Crippen LogP contribution in [0.4, 0.5) is 11.4 Å². The first-order valence-corrected chi connectivity index (χ1v) is 7.07. The number of aryl methyl sites for hydroxylation is 1. The van der Waals surface area contributed by atoms with Gasteiger partial charge in [0.05, 0.1) is 4.92 Å². The number of hydrogen-bond acceptors (Lipinski definition) is 3. The number of rotatable bonds is 3. The number of hydrogen-bond donors (Lipinski definition) is 1. The zero-order valence-corrected chi connectivity index (χ0v) is 13.2. The van der Waals surface area contributed by atoms with Crippen LogP contribution in [0.15, 0.2) is 40.9 Å². The Hall–Kier alpha value is -1.92. The number of carbonyl (C=O) groups is 1. The lowest BCUT2D eigenvalue weighted by atomic mass is 10.1. The lowest BCUT2D eigenvalue weighted by Crippen LogP contribution is -2.12. The minimum atomic E-state index is -0.577. The zero-order valence-electron chi connectivity index (χ0n) is 10.9. The molecule has 108 valence electrons. The van der Waals surface area contributed by atoms with Crippen molar-refractivity contribution in [1.82, 2.24) is 0 Å². The molecule has 1 amide bonds. The van der Waals surface area contributed by atoms with E-state index in [9.17, 15) is 14.9 Å². The summed E-state index contributed by atoms with van der Waals surface area (Å²) in [6.07, 6.45) is 0. The van der Waals surface area contributed by atoms with Gasteiger partial charge in [-0.05, 0) is 42.8 Å². The van der Waals surface area contributed by atoms with E-state index in [-0.39, 0.29) is 16.6 Å². The maximum atomic E-state index is 12.1. The van der Waals surface area contributed by atoms with Crippen molar-refractivity contribution in [2.75, 3.05) is 5.32 Å². The van der Waals surface area contributed by atoms with Crippen LogP contribution >= 0.6 is 27.5 Å². The van der Waals surface area contributed by atoms with E-state index in [2.05, 4.69) is 21.2 Å². The second-order valence-electron chi connectivity index (χ2n) is 4.34. The molecule has 0 aromatic heterocycles. The van der Waals surface area contributed by atoms with Crippen molar-refractivity contribution in [1.29, 1.82) is 0 Å². The van der Waals surface area contributed by atoms with Gasteiger partial charge in [-0.3, -0.25) is 14.9 Å². The Morgan fingerprint density at radius 3 is 2.57 bits per heavy atom. The minimum absolute atomic E-state index is 0.0233. The normalized spacial score (nSPS) is 10.2. The van der Waals surface area contributed by atoms with Crippen molar-refractivity contribution in [3.63, 3.8) is 0 Å². The summed E-state index contributed by atoms with van der Waals surface area (Å²) in [5, 5.41) is 13.3. The van der Waals surface area contributed by atoms with E-state index in [0.717, 1.165) is 10.0 Å². The van der Waals surface area contributed by atoms with Gasteiger partial charge in [0, 0.05) is 21.8 Å². The maximum absolute atomic E-state index is 12.1. The number of nitro benzene ring substituents is 1. The fraction of sp³-hybridized carbons (Fsp3) is 0.0714. The summed E-state index contributed by atoms with van der Waals surface area (Å²) in [7, 11) is 0. The molecule has 0 fully saturated rings. The minimum Gasteiger partial charge on any atom is -0.322 e. The Bertz CT molecular complexity index is 734. The van der Waals surface area contributed by atoms with E-state index < -0.39 is 4.92 Å². The molecule has 2 aromatic rings. The van der Waals surface area contributed by atoms with Gasteiger partial charge in [-0.25, -0.2) is 0 Å². The summed E-state index contributed by atoms with van der Waals surface area (Å²) in [5.41, 5.74) is 1.62. The van der Waals surface area contributed by atoms with Crippen LogP contribution in [0.25, 0.3) is 0 Å². The standard InChI is InChI=1S/C14H10BrClN2O3/c1-8-6-9(2-4-11(8)15)14(19)17-10-3-5-13(18(20)21)12(16)7-10/h2-7H,1H3,(H,17,19). The van der Waals surface area contributed by atoms with E-state index in [1.807, 2.05) is 6.92 Å². The first-order valence-electron chi connectivity index (χ1n) is 5.90. The van der Waals surface area contributed by atoms with E-state index in [1.165, 1.54) is 18.2 Å². The van der Waals surface area contributed by atoms with Gasteiger partial charge in [-0.1, -0.05) is 27.5 Å². The lowest BCUT2D eigenvalue weighted by molar-refractivity contribution is -0.384. The predicted molar refractivity (Wildman–Crippen MR) is 84.9 cm³/mol. The highest BCUT2D eigenvalue weighted by Crippen LogP contribution is 2.27. The summed E-state index contributed by atoms with van der Waals surface area (Å²) in [5.74, 6) is -0.310. The molecule has 2 rings (SSSR count). The molecular formula is C14H10BrClN2O3. The molecule has 0 saturated carbocycles. The largest absolute Gasteiger partial charge is 0.322 e. The van der Waals surface area contributed by atoms with Crippen molar-refractivity contribution in [2.45, 2.75) is 6.92 Å². The Morgan fingerprint density at radius 1 is 1.29 bits per heavy atom. The van der Waals surface area contributed by atoms with Crippen LogP contribution in [0, 0.1) is 17.0 Å². The molecule has 0 spiro atoms. The van der Waals surface area contributed by atoms with E-state index in [4.69, 9.17) is 11.6 Å². The molecule has 0 aliphatic heterocycles. The second-order valence-corrected chi connectivity index (χ2v) is 5.60. The Balaban J connectivity index is 2.21. The number of halogens is 2. The van der Waals surface area contributed by atoms with Gasteiger partial charge in [0.1, 0.15) is 5.02 Å². The summed E-state index contributed by atoms with van der Waals surface area (Å²) >= 11 is 9.16. The van der Waals surface area contributed by atoms with Crippen molar-refractivity contribution >= 4 is 44.8 Å². The predicted octanol–water partition coefficient (Wildman–Crippen LogP) is 4.57. The second kappa shape index (κ2) is 6.24. The highest BCUT2D eigenvalue weighted by atomic mass is 79.9. The highest BCUT2D eigenvalue weighted by molar-refractivity contribution is 9.10. The smallest absolute Gasteiger partial charge is 0.288 e. The van der Waals surface area contributed by atoms with Crippen molar-refractivity contribution in [3.05, 3.63) is 67.1 Å². The van der Waals surface area contributed by atoms with Gasteiger partial charge in [-0.15, -0.1) is 0 Å². The van der Waals surface area contributed by atoms with E-state index >= 15 is 0 Å². The van der Waals surface area contributed by atoms with Crippen molar-refractivity contribution < 1.29 is 9.72 Å². The number of anilines is 1. The summed E-state index contributed by atoms with van der Waals surface area (Å²) < 4.78 is 0.914. The van der Waals surface area contributed by atoms with Crippen molar-refractivity contribution in [2.24, 2.45) is 0 Å². The molecule has 0 bridgehead atoms. The number of amides is 1. The number of nitrogens with zero attached hydrogens (tertiary/aromatic N) is 1. The Morgan fingerprint density at radius 2 is 2.00 bits per heavy atom. The van der Waals surface area contributed by atoms with Crippen LogP contribution in [0.3, 0.4) is 0 Å². The van der Waals surface area contributed by atoms with E-state index in [1.54, 1.807) is 18.2 Å². The molecule has 5 nitrogen and oxygen atoms in total. The van der Waals surface area contributed by atoms with Crippen LogP contribution in [0.1, 0.15) is 15.9 Å². The lowest BCUT2D eigenvalue weighted by Gasteiger charge is -2.07. The highest BCUT2D eigenvalue weighted by Gasteiger charge is 2.14. The summed E-state index contributed by atoms with van der Waals surface area (Å²) in [4.78, 5) is 22.2. The van der Waals surface area contributed by atoms with Gasteiger partial charge >= 0.3 is 0 Å². The average Bonchev–Trinajstić information content (AvgIpc) is 2.41. The van der Waals surface area contributed by atoms with Gasteiger partial charge in [0.25, 0.3) is 11.6 Å². The van der Waals surface area contributed by atoms with Crippen LogP contribution in [0.2, 0.25) is 5.02 Å². The number of nitro groups is 1. The SMILES string of the molecule is Cc1cc(C(=O)Nc2ccc([N+](=O)[O-])c(Cl)c2)ccc1Br. The number of nitrogens with one attached hydrogen (secondary N) is 1. The number of carbonyl (C=O) groups excluding carboxylic acids is 1. The molecule has 0 saturated heterocycles. The first-order chi connectivity index (χ1) is 9.88. The first kappa shape index (κ1) is 15.5. The third kappa shape index (κ3) is 3.59. The molecule has 0 heterocycles. The quantitative estimate of drug-likeness (QED) is 0.636. The number of benzene rings is 2. The van der Waals surface area contributed by atoms with Crippen LogP contribution < -0.4 is 5.32 Å². The van der Waals surface area contributed by atoms with Gasteiger partial charge in [0.15, 0.2) is 0 Å².